The van der Waals surface area contributed by atoms with Gasteiger partial charge < -0.3 is 19.3 Å². The van der Waals surface area contributed by atoms with Crippen molar-refractivity contribution in [1.82, 2.24) is 5.01 Å². The highest BCUT2D eigenvalue weighted by atomic mass is 19.4. The third kappa shape index (κ3) is 6.42. The normalized spacial score (nSPS) is 16.2. The number of aromatic hydroxyl groups is 1. The van der Waals surface area contributed by atoms with Crippen LogP contribution in [0.5, 0.6) is 23.0 Å². The van der Waals surface area contributed by atoms with E-state index in [9.17, 15) is 22.7 Å². The van der Waals surface area contributed by atoms with Crippen molar-refractivity contribution in [3.8, 4) is 23.0 Å². The van der Waals surface area contributed by atoms with E-state index in [0.29, 0.717) is 11.3 Å². The molecule has 1 fully saturated rings. The average molecular weight is 541 g/mol. The highest BCUT2D eigenvalue weighted by Crippen LogP contribution is 2.40. The lowest BCUT2D eigenvalue weighted by Crippen LogP contribution is -2.51. The highest BCUT2D eigenvalue weighted by molar-refractivity contribution is 5.58. The molecule has 1 unspecified atom stereocenters. The summed E-state index contributed by atoms with van der Waals surface area (Å²) in [5.41, 5.74) is 1.62. The molecular weight excluding hydrogens is 516 g/mol. The lowest BCUT2D eigenvalue weighted by molar-refractivity contribution is -0.274. The number of phenolic OH excluding ortho intramolecular Hbond substituents is 1. The molecule has 5 rings (SSSR count). The third-order valence-electron chi connectivity index (χ3n) is 6.02. The van der Waals surface area contributed by atoms with Gasteiger partial charge in [-0.2, -0.15) is 5.01 Å². The van der Waals surface area contributed by atoms with E-state index in [1.165, 1.54) is 48.5 Å². The highest BCUT2D eigenvalue weighted by Gasteiger charge is 2.36. The number of halogens is 4. The Morgan fingerprint density at radius 3 is 2.33 bits per heavy atom. The van der Waals surface area contributed by atoms with Crippen LogP contribution in [0.15, 0.2) is 97.1 Å². The minimum Gasteiger partial charge on any atom is -0.508 e. The number of hydrazine groups is 1. The van der Waals surface area contributed by atoms with E-state index in [4.69, 9.17) is 9.47 Å². The molecule has 0 bridgehead atoms. The summed E-state index contributed by atoms with van der Waals surface area (Å²) in [5.74, 6) is -0.676. The molecule has 0 aliphatic carbocycles. The largest absolute Gasteiger partial charge is 0.573 e. The molecule has 0 aromatic heterocycles. The minimum atomic E-state index is -4.87. The number of alkyl halides is 3. The van der Waals surface area contributed by atoms with Crippen molar-refractivity contribution in [1.29, 1.82) is 0 Å². The molecule has 202 valence electrons. The first-order valence-corrected chi connectivity index (χ1v) is 12.1. The van der Waals surface area contributed by atoms with Crippen LogP contribution >= 0.6 is 0 Å². The molecule has 1 atom stereocenters. The number of anilines is 1. The number of rotatable bonds is 7. The molecule has 10 heteroatoms. The first-order chi connectivity index (χ1) is 18.8. The first-order valence-electron chi connectivity index (χ1n) is 12.1. The van der Waals surface area contributed by atoms with Crippen LogP contribution in [0.2, 0.25) is 0 Å². The van der Waals surface area contributed by atoms with Crippen molar-refractivity contribution < 1.29 is 36.9 Å². The third-order valence-corrected chi connectivity index (χ3v) is 6.02. The fourth-order valence-electron chi connectivity index (χ4n) is 4.33. The van der Waals surface area contributed by atoms with E-state index < -0.39 is 18.4 Å². The van der Waals surface area contributed by atoms with Crippen molar-refractivity contribution in [2.45, 2.75) is 19.1 Å². The van der Waals surface area contributed by atoms with Crippen molar-refractivity contribution in [2.75, 3.05) is 18.2 Å². The molecule has 0 radical (unpaired) electrons. The number of benzene rings is 4. The lowest BCUT2D eigenvalue weighted by atomic mass is 10.1. The Bertz CT molecular complexity index is 1400. The van der Waals surface area contributed by atoms with Crippen LogP contribution in [0.1, 0.15) is 17.4 Å². The van der Waals surface area contributed by atoms with Gasteiger partial charge in [0.25, 0.3) is 0 Å². The number of phenols is 1. The smallest absolute Gasteiger partial charge is 0.508 e. The van der Waals surface area contributed by atoms with E-state index in [1.807, 2.05) is 30.3 Å². The molecule has 4 aromatic rings. The second kappa shape index (κ2) is 11.2. The van der Waals surface area contributed by atoms with Crippen LogP contribution < -0.4 is 14.5 Å². The lowest BCUT2D eigenvalue weighted by Gasteiger charge is -2.45. The summed E-state index contributed by atoms with van der Waals surface area (Å²) in [4.78, 5) is 0. The Kier molecular flexibility index (Phi) is 7.58. The molecule has 0 spiro atoms. The van der Waals surface area contributed by atoms with Crippen LogP contribution in [0.4, 0.5) is 23.2 Å². The molecule has 1 aliphatic heterocycles. The van der Waals surface area contributed by atoms with E-state index in [1.54, 1.807) is 28.2 Å². The van der Waals surface area contributed by atoms with Crippen LogP contribution in [0.3, 0.4) is 0 Å². The predicted molar refractivity (Wildman–Crippen MR) is 136 cm³/mol. The average Bonchev–Trinajstić information content (AvgIpc) is 2.91. The number of nitrogens with zero attached hydrogens (tertiary/aromatic N) is 2. The van der Waals surface area contributed by atoms with E-state index in [2.05, 4.69) is 4.74 Å². The molecule has 4 aromatic carbocycles. The topological polar surface area (TPSA) is 54.4 Å². The predicted octanol–water partition coefficient (Wildman–Crippen LogP) is 7.17. The number of hydrogen-bond acceptors (Lipinski definition) is 6. The van der Waals surface area contributed by atoms with Crippen LogP contribution in [0, 0.1) is 5.82 Å². The molecule has 1 saturated heterocycles. The van der Waals surface area contributed by atoms with Gasteiger partial charge in [0.05, 0.1) is 18.8 Å². The van der Waals surface area contributed by atoms with Gasteiger partial charge in [-0.05, 0) is 54.1 Å². The number of hydrogen-bond donors (Lipinski definition) is 1. The van der Waals surface area contributed by atoms with Crippen molar-refractivity contribution in [3.05, 3.63) is 114 Å². The van der Waals surface area contributed by atoms with Gasteiger partial charge in [-0.25, -0.2) is 4.39 Å². The Balaban J connectivity index is 1.52. The summed E-state index contributed by atoms with van der Waals surface area (Å²) in [5, 5.41) is 13.0. The van der Waals surface area contributed by atoms with Crippen molar-refractivity contribution in [2.24, 2.45) is 0 Å². The maximum atomic E-state index is 14.7. The SMILES string of the molecule is Oc1ccc(Oc2cc(C3OCCN(c4ccccc4OC(F)(F)F)N3Cc3ccccc3)ccc2F)cc1. The summed E-state index contributed by atoms with van der Waals surface area (Å²) in [6.07, 6.45) is -5.66. The maximum absolute atomic E-state index is 14.7. The number of para-hydroxylation sites is 2. The van der Waals surface area contributed by atoms with E-state index >= 15 is 0 Å². The minimum absolute atomic E-state index is 0.0404. The summed E-state index contributed by atoms with van der Waals surface area (Å²) in [7, 11) is 0. The molecule has 1 heterocycles. The molecule has 1 aliphatic rings. The summed E-state index contributed by atoms with van der Waals surface area (Å²) in [6, 6.07) is 25.4. The molecule has 6 nitrogen and oxygen atoms in total. The zero-order valence-corrected chi connectivity index (χ0v) is 20.5. The van der Waals surface area contributed by atoms with Gasteiger partial charge in [0.15, 0.2) is 23.5 Å². The molecule has 0 saturated carbocycles. The Morgan fingerprint density at radius 1 is 0.872 bits per heavy atom. The standard InChI is InChI=1S/C29H24F4N2O4/c30-24-15-10-21(18-27(24)38-23-13-11-22(36)12-14-23)28-35(19-20-6-2-1-3-7-20)34(16-17-37-28)25-8-4-5-9-26(25)39-29(31,32)33/h1-15,18,28,36H,16-17,19H2. The molecule has 1 N–H and O–H groups in total. The van der Waals surface area contributed by atoms with Gasteiger partial charge in [0.2, 0.25) is 0 Å². The zero-order valence-electron chi connectivity index (χ0n) is 20.5. The second-order valence-corrected chi connectivity index (χ2v) is 8.73. The monoisotopic (exact) mass is 540 g/mol. The van der Waals surface area contributed by atoms with Crippen LogP contribution in [0.25, 0.3) is 0 Å². The summed E-state index contributed by atoms with van der Waals surface area (Å²) in [6.45, 7) is 0.707. The van der Waals surface area contributed by atoms with Gasteiger partial charge >= 0.3 is 6.36 Å². The second-order valence-electron chi connectivity index (χ2n) is 8.73. The summed E-state index contributed by atoms with van der Waals surface area (Å²) < 4.78 is 70.5. The Labute approximate surface area is 222 Å². The quantitative estimate of drug-likeness (QED) is 0.251. The Hall–Kier alpha value is -4.28. The van der Waals surface area contributed by atoms with Crippen LogP contribution in [-0.2, 0) is 11.3 Å². The summed E-state index contributed by atoms with van der Waals surface area (Å²) >= 11 is 0. The van der Waals surface area contributed by atoms with Gasteiger partial charge in [-0.3, -0.25) is 5.01 Å². The Morgan fingerprint density at radius 2 is 1.59 bits per heavy atom. The molecular formula is C29H24F4N2O4. The van der Waals surface area contributed by atoms with Gasteiger partial charge in [0.1, 0.15) is 11.5 Å². The fourth-order valence-corrected chi connectivity index (χ4v) is 4.33. The van der Waals surface area contributed by atoms with Gasteiger partial charge in [-0.1, -0.05) is 48.5 Å². The van der Waals surface area contributed by atoms with Crippen molar-refractivity contribution in [3.63, 3.8) is 0 Å². The first kappa shape index (κ1) is 26.3. The fraction of sp³-hybridized carbons (Fsp3) is 0.172. The van der Waals surface area contributed by atoms with Gasteiger partial charge in [-0.15, -0.1) is 13.2 Å². The van der Waals surface area contributed by atoms with Crippen LogP contribution in [-0.4, -0.2) is 29.6 Å². The van der Waals surface area contributed by atoms with E-state index in [-0.39, 0.29) is 42.6 Å². The molecule has 0 amide bonds. The zero-order chi connectivity index (χ0) is 27.4. The van der Waals surface area contributed by atoms with Gasteiger partial charge in [0, 0.05) is 12.1 Å². The van der Waals surface area contributed by atoms with E-state index in [0.717, 1.165) is 5.56 Å². The maximum Gasteiger partial charge on any atom is 0.573 e. The van der Waals surface area contributed by atoms with Crippen molar-refractivity contribution >= 4 is 5.69 Å². The number of ether oxygens (including phenoxy) is 3. The molecule has 39 heavy (non-hydrogen) atoms.